The molecule has 0 heterocycles. The molecular formula is C12H16N2O2. The van der Waals surface area contributed by atoms with E-state index in [1.54, 1.807) is 6.92 Å². The topological polar surface area (TPSA) is 72.2 Å². The van der Waals surface area contributed by atoms with Gasteiger partial charge in [0.1, 0.15) is 5.54 Å². The Labute approximate surface area is 94.8 Å². The fourth-order valence-corrected chi connectivity index (χ4v) is 1.59. The predicted molar refractivity (Wildman–Crippen MR) is 61.6 cm³/mol. The molecule has 0 radical (unpaired) electrons. The fraction of sp³-hybridized carbons (Fsp3) is 0.333. The number of amides is 2. The first-order valence-corrected chi connectivity index (χ1v) is 5.06. The van der Waals surface area contributed by atoms with Crippen molar-refractivity contribution in [2.24, 2.45) is 5.73 Å². The van der Waals surface area contributed by atoms with Gasteiger partial charge in [-0.05, 0) is 12.5 Å². The lowest BCUT2D eigenvalue weighted by Gasteiger charge is -2.26. The molecule has 4 nitrogen and oxygen atoms in total. The van der Waals surface area contributed by atoms with E-state index < -0.39 is 11.4 Å². The van der Waals surface area contributed by atoms with Crippen LogP contribution in [-0.2, 0) is 16.0 Å². The zero-order valence-electron chi connectivity index (χ0n) is 9.49. The lowest BCUT2D eigenvalue weighted by Crippen LogP contribution is -2.56. The van der Waals surface area contributed by atoms with E-state index in [0.717, 1.165) is 5.56 Å². The van der Waals surface area contributed by atoms with Crippen LogP contribution in [-0.4, -0.2) is 17.4 Å². The van der Waals surface area contributed by atoms with Crippen LogP contribution in [0.15, 0.2) is 30.3 Å². The van der Waals surface area contributed by atoms with Crippen molar-refractivity contribution in [1.82, 2.24) is 5.32 Å². The van der Waals surface area contributed by atoms with Crippen LogP contribution in [0.1, 0.15) is 19.4 Å². The monoisotopic (exact) mass is 220 g/mol. The van der Waals surface area contributed by atoms with Crippen molar-refractivity contribution >= 4 is 11.8 Å². The number of primary amides is 1. The van der Waals surface area contributed by atoms with E-state index in [4.69, 9.17) is 5.73 Å². The molecule has 3 N–H and O–H groups in total. The maximum atomic E-state index is 11.4. The summed E-state index contributed by atoms with van der Waals surface area (Å²) in [4.78, 5) is 22.4. The standard InChI is InChI=1S/C12H16N2O2/c1-9(15)14-12(2,11(13)16)8-10-6-4-3-5-7-10/h3-7H,8H2,1-2H3,(H2,13,16)(H,14,15). The molecule has 1 atom stereocenters. The maximum absolute atomic E-state index is 11.4. The molecule has 0 bridgehead atoms. The third-order valence-electron chi connectivity index (χ3n) is 2.40. The predicted octanol–water partition coefficient (Wildman–Crippen LogP) is 0.609. The molecular weight excluding hydrogens is 204 g/mol. The van der Waals surface area contributed by atoms with Crippen molar-refractivity contribution < 1.29 is 9.59 Å². The van der Waals surface area contributed by atoms with Gasteiger partial charge in [0.2, 0.25) is 11.8 Å². The highest BCUT2D eigenvalue weighted by molar-refractivity contribution is 5.89. The van der Waals surface area contributed by atoms with Gasteiger partial charge in [-0.1, -0.05) is 30.3 Å². The van der Waals surface area contributed by atoms with E-state index in [9.17, 15) is 9.59 Å². The van der Waals surface area contributed by atoms with Crippen molar-refractivity contribution in [2.75, 3.05) is 0 Å². The fourth-order valence-electron chi connectivity index (χ4n) is 1.59. The zero-order valence-corrected chi connectivity index (χ0v) is 9.49. The minimum absolute atomic E-state index is 0.266. The van der Waals surface area contributed by atoms with Crippen LogP contribution < -0.4 is 11.1 Å². The average molecular weight is 220 g/mol. The number of nitrogens with one attached hydrogen (secondary N) is 1. The molecule has 0 aliphatic carbocycles. The average Bonchev–Trinajstić information content (AvgIpc) is 2.17. The van der Waals surface area contributed by atoms with Gasteiger partial charge in [-0.3, -0.25) is 9.59 Å². The summed E-state index contributed by atoms with van der Waals surface area (Å²) in [6, 6.07) is 9.44. The molecule has 16 heavy (non-hydrogen) atoms. The highest BCUT2D eigenvalue weighted by Crippen LogP contribution is 2.12. The van der Waals surface area contributed by atoms with Crippen LogP contribution in [0.25, 0.3) is 0 Å². The molecule has 1 rings (SSSR count). The zero-order chi connectivity index (χ0) is 12.2. The highest BCUT2D eigenvalue weighted by atomic mass is 16.2. The molecule has 0 saturated carbocycles. The van der Waals surface area contributed by atoms with Gasteiger partial charge < -0.3 is 11.1 Å². The van der Waals surface area contributed by atoms with Gasteiger partial charge in [0.15, 0.2) is 0 Å². The number of carbonyl (C=O) groups is 2. The molecule has 4 heteroatoms. The molecule has 86 valence electrons. The van der Waals surface area contributed by atoms with Gasteiger partial charge in [0.05, 0.1) is 0 Å². The van der Waals surface area contributed by atoms with Crippen LogP contribution in [0.5, 0.6) is 0 Å². The minimum Gasteiger partial charge on any atom is -0.368 e. The third kappa shape index (κ3) is 3.08. The summed E-state index contributed by atoms with van der Waals surface area (Å²) in [5.41, 5.74) is 5.23. The van der Waals surface area contributed by atoms with Crippen molar-refractivity contribution in [3.8, 4) is 0 Å². The Morgan fingerprint density at radius 1 is 1.31 bits per heavy atom. The minimum atomic E-state index is -1.03. The van der Waals surface area contributed by atoms with Crippen molar-refractivity contribution in [1.29, 1.82) is 0 Å². The third-order valence-corrected chi connectivity index (χ3v) is 2.40. The lowest BCUT2D eigenvalue weighted by atomic mass is 9.92. The molecule has 1 aromatic carbocycles. The second kappa shape index (κ2) is 4.79. The van der Waals surface area contributed by atoms with Gasteiger partial charge in [-0.15, -0.1) is 0 Å². The summed E-state index contributed by atoms with van der Waals surface area (Å²) in [6.45, 7) is 3.00. The summed E-state index contributed by atoms with van der Waals surface area (Å²) >= 11 is 0. The van der Waals surface area contributed by atoms with Crippen molar-refractivity contribution in [3.63, 3.8) is 0 Å². The Morgan fingerprint density at radius 3 is 2.31 bits per heavy atom. The van der Waals surface area contributed by atoms with Crippen molar-refractivity contribution in [2.45, 2.75) is 25.8 Å². The second-order valence-electron chi connectivity index (χ2n) is 4.04. The van der Waals surface area contributed by atoms with Gasteiger partial charge in [-0.25, -0.2) is 0 Å². The number of carbonyl (C=O) groups excluding carboxylic acids is 2. The van der Waals surface area contributed by atoms with Crippen LogP contribution >= 0.6 is 0 Å². The Hall–Kier alpha value is -1.84. The van der Waals surface area contributed by atoms with Crippen molar-refractivity contribution in [3.05, 3.63) is 35.9 Å². The molecule has 1 aromatic rings. The molecule has 0 aromatic heterocycles. The first-order chi connectivity index (χ1) is 7.44. The Bertz CT molecular complexity index is 389. The number of hydrogen-bond donors (Lipinski definition) is 2. The first-order valence-electron chi connectivity index (χ1n) is 5.06. The Balaban J connectivity index is 2.87. The number of rotatable bonds is 4. The number of benzene rings is 1. The lowest BCUT2D eigenvalue weighted by molar-refractivity contribution is -0.130. The molecule has 0 spiro atoms. The van der Waals surface area contributed by atoms with Gasteiger partial charge in [-0.2, -0.15) is 0 Å². The Kier molecular flexibility index (Phi) is 3.66. The molecule has 0 saturated heterocycles. The van der Waals surface area contributed by atoms with Crippen LogP contribution in [0.3, 0.4) is 0 Å². The van der Waals surface area contributed by atoms with E-state index in [-0.39, 0.29) is 5.91 Å². The van der Waals surface area contributed by atoms with E-state index in [1.165, 1.54) is 6.92 Å². The Morgan fingerprint density at radius 2 is 1.88 bits per heavy atom. The van der Waals surface area contributed by atoms with Gasteiger partial charge in [0, 0.05) is 13.3 Å². The quantitative estimate of drug-likeness (QED) is 0.780. The van der Waals surface area contributed by atoms with Gasteiger partial charge in [0.25, 0.3) is 0 Å². The molecule has 0 fully saturated rings. The van der Waals surface area contributed by atoms with Crippen LogP contribution in [0.2, 0.25) is 0 Å². The molecule has 1 unspecified atom stereocenters. The summed E-state index contributed by atoms with van der Waals surface area (Å²) in [5.74, 6) is -0.802. The summed E-state index contributed by atoms with van der Waals surface area (Å²) in [5, 5.41) is 2.59. The van der Waals surface area contributed by atoms with Crippen LogP contribution in [0.4, 0.5) is 0 Å². The smallest absolute Gasteiger partial charge is 0.243 e. The summed E-state index contributed by atoms with van der Waals surface area (Å²) < 4.78 is 0. The molecule has 0 aliphatic heterocycles. The number of hydrogen-bond acceptors (Lipinski definition) is 2. The largest absolute Gasteiger partial charge is 0.368 e. The van der Waals surface area contributed by atoms with E-state index in [2.05, 4.69) is 5.32 Å². The molecule has 2 amide bonds. The van der Waals surface area contributed by atoms with E-state index in [0.29, 0.717) is 6.42 Å². The normalized spacial score (nSPS) is 13.9. The second-order valence-corrected chi connectivity index (χ2v) is 4.04. The SMILES string of the molecule is CC(=O)NC(C)(Cc1ccccc1)C(N)=O. The molecule has 0 aliphatic rings. The first kappa shape index (κ1) is 12.2. The van der Waals surface area contributed by atoms with E-state index in [1.807, 2.05) is 30.3 Å². The number of nitrogens with two attached hydrogens (primary N) is 1. The maximum Gasteiger partial charge on any atom is 0.243 e. The van der Waals surface area contributed by atoms with Gasteiger partial charge >= 0.3 is 0 Å². The van der Waals surface area contributed by atoms with Crippen LogP contribution in [0, 0.1) is 0 Å². The highest BCUT2D eigenvalue weighted by Gasteiger charge is 2.31. The van der Waals surface area contributed by atoms with E-state index >= 15 is 0 Å². The summed E-state index contributed by atoms with van der Waals surface area (Å²) in [7, 11) is 0. The summed E-state index contributed by atoms with van der Waals surface area (Å²) in [6.07, 6.45) is 0.392.